The molecule has 9 nitrogen and oxygen atoms in total. The van der Waals surface area contributed by atoms with Gasteiger partial charge in [0, 0.05) is 6.07 Å². The van der Waals surface area contributed by atoms with Crippen molar-refractivity contribution in [3.63, 3.8) is 0 Å². The molecule has 0 bridgehead atoms. The van der Waals surface area contributed by atoms with Gasteiger partial charge in [0.1, 0.15) is 11.4 Å². The number of nitrogens with zero attached hydrogens (tertiary/aromatic N) is 2. The Bertz CT molecular complexity index is 479. The SMILES string of the molecule is O=[N+]([O-])c1ccc(OS(=O)[O-])c([N+](=O)[O-])c1.[Li+]. The zero-order valence-corrected chi connectivity index (χ0v) is 9.21. The Balaban J connectivity index is 0.00000256. The summed E-state index contributed by atoms with van der Waals surface area (Å²) < 4.78 is 24.5. The van der Waals surface area contributed by atoms with Crippen LogP contribution >= 0.6 is 0 Å². The minimum absolute atomic E-state index is 0. The van der Waals surface area contributed by atoms with Crippen LogP contribution in [0.4, 0.5) is 11.4 Å². The van der Waals surface area contributed by atoms with Gasteiger partial charge in [-0.2, -0.15) is 0 Å². The summed E-state index contributed by atoms with van der Waals surface area (Å²) in [5.41, 5.74) is -1.32. The second-order valence-electron chi connectivity index (χ2n) is 2.45. The molecule has 1 rings (SSSR count). The average molecular weight is 254 g/mol. The van der Waals surface area contributed by atoms with E-state index in [0.29, 0.717) is 6.07 Å². The molecule has 0 radical (unpaired) electrons. The van der Waals surface area contributed by atoms with Gasteiger partial charge in [-0.15, -0.1) is 0 Å². The fourth-order valence-corrected chi connectivity index (χ4v) is 1.19. The molecule has 17 heavy (non-hydrogen) atoms. The smallest absolute Gasteiger partial charge is 0.740 e. The molecule has 0 saturated carbocycles. The number of hydrogen-bond donors (Lipinski definition) is 0. The number of hydrogen-bond acceptors (Lipinski definition) is 7. The molecule has 0 amide bonds. The van der Waals surface area contributed by atoms with Crippen molar-refractivity contribution in [1.82, 2.24) is 0 Å². The molecule has 0 spiro atoms. The Labute approximate surface area is 109 Å². The van der Waals surface area contributed by atoms with Crippen LogP contribution in [0.3, 0.4) is 0 Å². The predicted octanol–water partition coefficient (Wildman–Crippen LogP) is -2.32. The second-order valence-corrected chi connectivity index (χ2v) is 3.03. The van der Waals surface area contributed by atoms with Gasteiger partial charge in [0.2, 0.25) is 5.75 Å². The summed E-state index contributed by atoms with van der Waals surface area (Å²) in [6.45, 7) is 0. The standard InChI is InChI=1S/C6H4N2O7S.Li/c9-7(10)4-1-2-6(15-16(13)14)5(3-4)8(11)12;/h1-3H,(H,13,14);/q;+1/p-1. The van der Waals surface area contributed by atoms with Gasteiger partial charge in [-0.1, -0.05) is 0 Å². The summed E-state index contributed by atoms with van der Waals surface area (Å²) in [6.07, 6.45) is 0. The Hall–Kier alpha value is -1.47. The Morgan fingerprint density at radius 1 is 1.18 bits per heavy atom. The van der Waals surface area contributed by atoms with E-state index in [9.17, 15) is 29.0 Å². The van der Waals surface area contributed by atoms with Gasteiger partial charge in [0.25, 0.3) is 5.69 Å². The molecule has 0 aromatic heterocycles. The van der Waals surface area contributed by atoms with Crippen molar-refractivity contribution in [2.24, 2.45) is 0 Å². The van der Waals surface area contributed by atoms with Crippen molar-refractivity contribution in [1.29, 1.82) is 0 Å². The van der Waals surface area contributed by atoms with Crippen LogP contribution in [-0.4, -0.2) is 18.6 Å². The summed E-state index contributed by atoms with van der Waals surface area (Å²) in [5, 5.41) is 20.8. The van der Waals surface area contributed by atoms with Gasteiger partial charge < -0.3 is 8.74 Å². The van der Waals surface area contributed by atoms with Crippen LogP contribution < -0.4 is 23.0 Å². The first-order chi connectivity index (χ1) is 7.41. The quantitative estimate of drug-likeness (QED) is 0.254. The zero-order valence-electron chi connectivity index (χ0n) is 8.39. The van der Waals surface area contributed by atoms with Crippen molar-refractivity contribution < 1.29 is 41.7 Å². The summed E-state index contributed by atoms with van der Waals surface area (Å²) >= 11 is -2.98. The molecule has 0 aliphatic carbocycles. The van der Waals surface area contributed by atoms with Crippen molar-refractivity contribution in [2.75, 3.05) is 0 Å². The summed E-state index contributed by atoms with van der Waals surface area (Å²) in [4.78, 5) is 19.0. The van der Waals surface area contributed by atoms with Crippen LogP contribution in [0.1, 0.15) is 0 Å². The number of nitro groups is 2. The molecule has 0 saturated heterocycles. The minimum Gasteiger partial charge on any atom is -0.740 e. The molecule has 86 valence electrons. The first-order valence-corrected chi connectivity index (χ1v) is 4.62. The van der Waals surface area contributed by atoms with Crippen LogP contribution in [0.5, 0.6) is 5.75 Å². The number of nitro benzene ring substituents is 2. The van der Waals surface area contributed by atoms with Crippen LogP contribution in [0.2, 0.25) is 0 Å². The van der Waals surface area contributed by atoms with E-state index in [4.69, 9.17) is 0 Å². The maximum atomic E-state index is 10.5. The fraction of sp³-hybridized carbons (Fsp3) is 0. The molecule has 0 heterocycles. The number of rotatable bonds is 4. The number of benzene rings is 1. The summed E-state index contributed by atoms with van der Waals surface area (Å²) in [5.74, 6) is -0.580. The first-order valence-electron chi connectivity index (χ1n) is 3.62. The Kier molecular flexibility index (Phi) is 5.76. The Morgan fingerprint density at radius 3 is 2.18 bits per heavy atom. The van der Waals surface area contributed by atoms with Gasteiger partial charge in [-0.3, -0.25) is 20.2 Å². The molecule has 1 aromatic rings. The van der Waals surface area contributed by atoms with E-state index in [1.165, 1.54) is 0 Å². The van der Waals surface area contributed by atoms with Crippen LogP contribution in [0.15, 0.2) is 18.2 Å². The van der Waals surface area contributed by atoms with Crippen molar-refractivity contribution in [3.8, 4) is 5.75 Å². The molecular formula is C6H3LiN2O7S. The third-order valence-corrected chi connectivity index (χ3v) is 1.82. The first kappa shape index (κ1) is 15.5. The second kappa shape index (κ2) is 6.31. The fourth-order valence-electron chi connectivity index (χ4n) is 0.906. The molecular weight excluding hydrogens is 251 g/mol. The summed E-state index contributed by atoms with van der Waals surface area (Å²) in [6, 6.07) is 2.35. The monoisotopic (exact) mass is 254 g/mol. The molecule has 1 unspecified atom stereocenters. The van der Waals surface area contributed by atoms with E-state index in [1.807, 2.05) is 0 Å². The third kappa shape index (κ3) is 4.12. The van der Waals surface area contributed by atoms with E-state index in [2.05, 4.69) is 4.18 Å². The van der Waals surface area contributed by atoms with Crippen LogP contribution in [0.25, 0.3) is 0 Å². The third-order valence-electron chi connectivity index (χ3n) is 1.51. The normalized spacial score (nSPS) is 11.1. The molecule has 0 aliphatic heterocycles. The maximum Gasteiger partial charge on any atom is 1.00 e. The van der Waals surface area contributed by atoms with Crippen LogP contribution in [-0.2, 0) is 11.4 Å². The van der Waals surface area contributed by atoms with Gasteiger partial charge in [0.15, 0.2) is 0 Å². The largest absolute Gasteiger partial charge is 1.00 e. The number of non-ortho nitro benzene ring substituents is 1. The predicted molar refractivity (Wildman–Crippen MR) is 49.3 cm³/mol. The van der Waals surface area contributed by atoms with E-state index in [-0.39, 0.29) is 18.9 Å². The average Bonchev–Trinajstić information content (AvgIpc) is 2.16. The van der Waals surface area contributed by atoms with E-state index >= 15 is 0 Å². The topological polar surface area (TPSA) is 136 Å². The van der Waals surface area contributed by atoms with Crippen molar-refractivity contribution in [3.05, 3.63) is 38.4 Å². The van der Waals surface area contributed by atoms with Crippen LogP contribution in [0, 0.1) is 20.2 Å². The van der Waals surface area contributed by atoms with E-state index < -0.39 is 38.3 Å². The molecule has 11 heteroatoms. The van der Waals surface area contributed by atoms with E-state index in [1.54, 1.807) is 0 Å². The van der Waals surface area contributed by atoms with Crippen molar-refractivity contribution >= 4 is 22.7 Å². The molecule has 1 aromatic carbocycles. The van der Waals surface area contributed by atoms with Gasteiger partial charge >= 0.3 is 24.5 Å². The molecule has 0 aliphatic rings. The molecule has 1 atom stereocenters. The minimum atomic E-state index is -2.98. The van der Waals surface area contributed by atoms with Crippen molar-refractivity contribution in [2.45, 2.75) is 0 Å². The Morgan fingerprint density at radius 2 is 1.76 bits per heavy atom. The summed E-state index contributed by atoms with van der Waals surface area (Å²) in [7, 11) is 0. The van der Waals surface area contributed by atoms with E-state index in [0.717, 1.165) is 12.1 Å². The molecule has 0 N–H and O–H groups in total. The maximum absolute atomic E-state index is 10.5. The van der Waals surface area contributed by atoms with Gasteiger partial charge in [-0.25, -0.2) is 4.21 Å². The van der Waals surface area contributed by atoms with Gasteiger partial charge in [-0.05, 0) is 6.07 Å². The van der Waals surface area contributed by atoms with Gasteiger partial charge in [0.05, 0.1) is 15.9 Å². The zero-order chi connectivity index (χ0) is 12.3. The molecule has 0 fully saturated rings.